The zero-order valence-corrected chi connectivity index (χ0v) is 11.8. The zero-order chi connectivity index (χ0) is 13.9. The fourth-order valence-electron chi connectivity index (χ4n) is 2.69. The van der Waals surface area contributed by atoms with Gasteiger partial charge in [0.15, 0.2) is 0 Å². The van der Waals surface area contributed by atoms with Gasteiger partial charge in [-0.3, -0.25) is 9.78 Å². The Morgan fingerprint density at radius 2 is 2.35 bits per heavy atom. The standard InChI is InChI=1S/C14H16N4OS/c15-13(19)11-8-16-4-3-12(11)18-6-1-2-10(9-18)14-17-5-7-20-14/h3-5,7-8,10H,1-2,6,9H2,(H2,15,19). The summed E-state index contributed by atoms with van der Waals surface area (Å²) in [5.74, 6) is 0.00196. The number of rotatable bonds is 3. The second-order valence-corrected chi connectivity index (χ2v) is 5.84. The van der Waals surface area contributed by atoms with E-state index in [1.54, 1.807) is 23.7 Å². The van der Waals surface area contributed by atoms with Crippen molar-refractivity contribution in [2.75, 3.05) is 18.0 Å². The topological polar surface area (TPSA) is 72.1 Å². The van der Waals surface area contributed by atoms with Crippen molar-refractivity contribution in [3.05, 3.63) is 40.6 Å². The number of thiazole rings is 1. The maximum absolute atomic E-state index is 11.5. The minimum atomic E-state index is -0.426. The van der Waals surface area contributed by atoms with Crippen LogP contribution in [0, 0.1) is 0 Å². The Kier molecular flexibility index (Phi) is 3.64. The van der Waals surface area contributed by atoms with Gasteiger partial charge in [-0.1, -0.05) is 0 Å². The van der Waals surface area contributed by atoms with E-state index in [1.807, 2.05) is 17.6 Å². The molecule has 0 saturated carbocycles. The van der Waals surface area contributed by atoms with Crippen LogP contribution in [0.1, 0.15) is 34.1 Å². The van der Waals surface area contributed by atoms with Crippen molar-refractivity contribution in [1.29, 1.82) is 0 Å². The molecule has 1 amide bonds. The fourth-order valence-corrected chi connectivity index (χ4v) is 3.45. The Labute approximate surface area is 121 Å². The first-order chi connectivity index (χ1) is 9.75. The predicted octanol–water partition coefficient (Wildman–Crippen LogP) is 2.02. The number of piperidine rings is 1. The lowest BCUT2D eigenvalue weighted by Gasteiger charge is -2.34. The highest BCUT2D eigenvalue weighted by atomic mass is 32.1. The van der Waals surface area contributed by atoms with Crippen molar-refractivity contribution in [2.24, 2.45) is 5.73 Å². The molecule has 1 aliphatic rings. The fraction of sp³-hybridized carbons (Fsp3) is 0.357. The van der Waals surface area contributed by atoms with Crippen molar-refractivity contribution in [1.82, 2.24) is 9.97 Å². The van der Waals surface area contributed by atoms with Gasteiger partial charge in [0.1, 0.15) is 0 Å². The van der Waals surface area contributed by atoms with Crippen LogP contribution in [0.4, 0.5) is 5.69 Å². The Hall–Kier alpha value is -1.95. The summed E-state index contributed by atoms with van der Waals surface area (Å²) in [5, 5.41) is 3.18. The first-order valence-electron chi connectivity index (χ1n) is 6.64. The molecule has 3 rings (SSSR count). The van der Waals surface area contributed by atoms with E-state index in [0.717, 1.165) is 31.6 Å². The van der Waals surface area contributed by atoms with Crippen LogP contribution in [0.3, 0.4) is 0 Å². The van der Waals surface area contributed by atoms with Crippen molar-refractivity contribution >= 4 is 22.9 Å². The first kappa shape index (κ1) is 13.1. The molecule has 104 valence electrons. The molecule has 6 heteroatoms. The Morgan fingerprint density at radius 3 is 3.10 bits per heavy atom. The Balaban J connectivity index is 1.86. The second kappa shape index (κ2) is 5.58. The number of carbonyl (C=O) groups is 1. The molecule has 0 spiro atoms. The molecule has 1 fully saturated rings. The summed E-state index contributed by atoms with van der Waals surface area (Å²) < 4.78 is 0. The largest absolute Gasteiger partial charge is 0.370 e. The molecule has 5 nitrogen and oxygen atoms in total. The van der Waals surface area contributed by atoms with E-state index < -0.39 is 5.91 Å². The quantitative estimate of drug-likeness (QED) is 0.938. The van der Waals surface area contributed by atoms with Crippen molar-refractivity contribution < 1.29 is 4.79 Å². The first-order valence-corrected chi connectivity index (χ1v) is 7.52. The van der Waals surface area contributed by atoms with Crippen LogP contribution < -0.4 is 10.6 Å². The van der Waals surface area contributed by atoms with E-state index >= 15 is 0 Å². The van der Waals surface area contributed by atoms with Crippen LogP contribution >= 0.6 is 11.3 Å². The highest BCUT2D eigenvalue weighted by molar-refractivity contribution is 7.09. The van der Waals surface area contributed by atoms with Gasteiger partial charge < -0.3 is 10.6 Å². The van der Waals surface area contributed by atoms with Gasteiger partial charge in [-0.25, -0.2) is 4.98 Å². The monoisotopic (exact) mass is 288 g/mol. The average molecular weight is 288 g/mol. The molecular weight excluding hydrogens is 272 g/mol. The van der Waals surface area contributed by atoms with Gasteiger partial charge >= 0.3 is 0 Å². The van der Waals surface area contributed by atoms with Gasteiger partial charge in [0.2, 0.25) is 0 Å². The maximum Gasteiger partial charge on any atom is 0.252 e. The minimum Gasteiger partial charge on any atom is -0.370 e. The summed E-state index contributed by atoms with van der Waals surface area (Å²) in [6.45, 7) is 1.81. The van der Waals surface area contributed by atoms with Crippen molar-refractivity contribution in [3.63, 3.8) is 0 Å². The SMILES string of the molecule is NC(=O)c1cnccc1N1CCCC(c2nccs2)C1. The molecular formula is C14H16N4OS. The van der Waals surface area contributed by atoms with E-state index in [0.29, 0.717) is 11.5 Å². The van der Waals surface area contributed by atoms with Crippen LogP contribution in [0.15, 0.2) is 30.0 Å². The summed E-state index contributed by atoms with van der Waals surface area (Å²) >= 11 is 1.70. The summed E-state index contributed by atoms with van der Waals surface area (Å²) in [5.41, 5.74) is 6.81. The van der Waals surface area contributed by atoms with Crippen LogP contribution in [0.5, 0.6) is 0 Å². The third-order valence-electron chi connectivity index (χ3n) is 3.63. The molecule has 2 aromatic rings. The van der Waals surface area contributed by atoms with Crippen LogP contribution in [0.25, 0.3) is 0 Å². The molecule has 2 N–H and O–H groups in total. The summed E-state index contributed by atoms with van der Waals surface area (Å²) in [6.07, 6.45) is 7.32. The van der Waals surface area contributed by atoms with Gasteiger partial charge in [-0.05, 0) is 18.9 Å². The van der Waals surface area contributed by atoms with E-state index in [9.17, 15) is 4.79 Å². The minimum absolute atomic E-state index is 0.426. The van der Waals surface area contributed by atoms with Crippen LogP contribution in [-0.2, 0) is 0 Å². The molecule has 3 heterocycles. The number of nitrogens with zero attached hydrogens (tertiary/aromatic N) is 3. The number of amides is 1. The number of primary amides is 1. The van der Waals surface area contributed by atoms with E-state index in [4.69, 9.17) is 5.73 Å². The molecule has 1 saturated heterocycles. The zero-order valence-electron chi connectivity index (χ0n) is 11.0. The Morgan fingerprint density at radius 1 is 1.45 bits per heavy atom. The number of hydrogen-bond acceptors (Lipinski definition) is 5. The number of carbonyl (C=O) groups excluding carboxylic acids is 1. The third-order valence-corrected chi connectivity index (χ3v) is 4.56. The molecule has 1 aliphatic heterocycles. The van der Waals surface area contributed by atoms with Gasteiger partial charge in [-0.15, -0.1) is 11.3 Å². The van der Waals surface area contributed by atoms with E-state index in [2.05, 4.69) is 14.9 Å². The molecule has 1 atom stereocenters. The van der Waals surface area contributed by atoms with Gasteiger partial charge in [0, 0.05) is 43.0 Å². The average Bonchev–Trinajstić information content (AvgIpc) is 3.01. The number of pyridine rings is 1. The summed E-state index contributed by atoms with van der Waals surface area (Å²) in [6, 6.07) is 1.87. The summed E-state index contributed by atoms with van der Waals surface area (Å²) in [4.78, 5) is 22.1. The highest BCUT2D eigenvalue weighted by Crippen LogP contribution is 2.31. The molecule has 0 aliphatic carbocycles. The van der Waals surface area contributed by atoms with Crippen molar-refractivity contribution in [2.45, 2.75) is 18.8 Å². The lowest BCUT2D eigenvalue weighted by molar-refractivity contribution is 0.100. The van der Waals surface area contributed by atoms with Gasteiger partial charge in [0.25, 0.3) is 5.91 Å². The van der Waals surface area contributed by atoms with E-state index in [1.165, 1.54) is 5.01 Å². The lowest BCUT2D eigenvalue weighted by Crippen LogP contribution is -2.35. The molecule has 2 aromatic heterocycles. The molecule has 0 radical (unpaired) electrons. The van der Waals surface area contributed by atoms with Crippen LogP contribution in [0.2, 0.25) is 0 Å². The number of nitrogens with two attached hydrogens (primary N) is 1. The van der Waals surface area contributed by atoms with Crippen molar-refractivity contribution in [3.8, 4) is 0 Å². The predicted molar refractivity (Wildman–Crippen MR) is 79.1 cm³/mol. The lowest BCUT2D eigenvalue weighted by atomic mass is 9.97. The number of aromatic nitrogens is 2. The number of anilines is 1. The summed E-state index contributed by atoms with van der Waals surface area (Å²) in [7, 11) is 0. The van der Waals surface area contributed by atoms with Crippen LogP contribution in [-0.4, -0.2) is 29.0 Å². The molecule has 20 heavy (non-hydrogen) atoms. The molecule has 0 aromatic carbocycles. The van der Waals surface area contributed by atoms with Gasteiger partial charge in [0.05, 0.1) is 16.3 Å². The molecule has 0 bridgehead atoms. The number of hydrogen-bond donors (Lipinski definition) is 1. The Bertz CT molecular complexity index is 599. The second-order valence-electron chi connectivity index (χ2n) is 4.91. The third kappa shape index (κ3) is 2.51. The molecule has 1 unspecified atom stereocenters. The highest BCUT2D eigenvalue weighted by Gasteiger charge is 2.25. The normalized spacial score (nSPS) is 19.0. The van der Waals surface area contributed by atoms with Gasteiger partial charge in [-0.2, -0.15) is 0 Å². The smallest absolute Gasteiger partial charge is 0.252 e. The maximum atomic E-state index is 11.5. The van der Waals surface area contributed by atoms with E-state index in [-0.39, 0.29) is 0 Å².